The van der Waals surface area contributed by atoms with Gasteiger partial charge >= 0.3 is 0 Å². The Morgan fingerprint density at radius 2 is 2.10 bits per heavy atom. The van der Waals surface area contributed by atoms with Gasteiger partial charge in [0.1, 0.15) is 5.76 Å². The molecule has 0 bridgehead atoms. The van der Waals surface area contributed by atoms with E-state index in [4.69, 9.17) is 4.42 Å². The minimum absolute atomic E-state index is 0.0231. The molecule has 2 aromatic rings. The fraction of sp³-hybridized carbons (Fsp3) is 0.312. The third kappa shape index (κ3) is 2.23. The van der Waals surface area contributed by atoms with E-state index in [1.807, 2.05) is 44.3 Å². The molecule has 2 heterocycles. The lowest BCUT2D eigenvalue weighted by Gasteiger charge is -2.33. The summed E-state index contributed by atoms with van der Waals surface area (Å²) in [5, 5.41) is 3.49. The topological polar surface area (TPSA) is 45.5 Å². The lowest BCUT2D eigenvalue weighted by molar-refractivity contribution is -0.119. The largest absolute Gasteiger partial charge is 0.468 e. The number of carbonyl (C=O) groups is 1. The van der Waals surface area contributed by atoms with Crippen molar-refractivity contribution < 1.29 is 9.21 Å². The molecule has 1 N–H and O–H groups in total. The molecule has 0 fully saturated rings. The monoisotopic (exact) mass is 270 g/mol. The van der Waals surface area contributed by atoms with Gasteiger partial charge in [0.15, 0.2) is 0 Å². The first-order valence-electron chi connectivity index (χ1n) is 6.81. The fourth-order valence-corrected chi connectivity index (χ4v) is 2.71. The second kappa shape index (κ2) is 5.13. The second-order valence-corrected chi connectivity index (χ2v) is 5.17. The number of hydrogen-bond acceptors (Lipinski definition) is 3. The van der Waals surface area contributed by atoms with Crippen LogP contribution in [0, 0.1) is 0 Å². The molecule has 0 spiro atoms. The number of nitrogens with zero attached hydrogens (tertiary/aromatic N) is 1. The molecule has 0 saturated heterocycles. The predicted molar refractivity (Wildman–Crippen MR) is 77.5 cm³/mol. The van der Waals surface area contributed by atoms with Crippen LogP contribution >= 0.6 is 0 Å². The van der Waals surface area contributed by atoms with E-state index in [0.29, 0.717) is 6.42 Å². The molecule has 1 aromatic carbocycles. The number of amides is 1. The van der Waals surface area contributed by atoms with E-state index in [-0.39, 0.29) is 18.0 Å². The van der Waals surface area contributed by atoms with Gasteiger partial charge in [0.2, 0.25) is 5.91 Å². The number of rotatable bonds is 3. The van der Waals surface area contributed by atoms with E-state index in [0.717, 1.165) is 17.0 Å². The lowest BCUT2D eigenvalue weighted by Crippen LogP contribution is -2.38. The zero-order chi connectivity index (χ0) is 14.1. The minimum Gasteiger partial charge on any atom is -0.468 e. The maximum Gasteiger partial charge on any atom is 0.228 e. The number of furan rings is 1. The molecule has 0 radical (unpaired) electrons. The molecule has 1 aromatic heterocycles. The van der Waals surface area contributed by atoms with Crippen LogP contribution in [0.3, 0.4) is 0 Å². The van der Waals surface area contributed by atoms with E-state index in [1.165, 1.54) is 0 Å². The Hall–Kier alpha value is -2.07. The van der Waals surface area contributed by atoms with E-state index in [1.54, 1.807) is 11.2 Å². The number of fused-ring (bicyclic) bond motifs is 1. The van der Waals surface area contributed by atoms with Gasteiger partial charge in [-0.05, 0) is 30.7 Å². The Kier molecular flexibility index (Phi) is 3.32. The molecule has 0 aliphatic carbocycles. The number of anilines is 1. The number of nitrogens with one attached hydrogen (secondary N) is 1. The van der Waals surface area contributed by atoms with Crippen LogP contribution in [0.1, 0.15) is 36.8 Å². The lowest BCUT2D eigenvalue weighted by atomic mass is 9.95. The van der Waals surface area contributed by atoms with E-state index in [2.05, 4.69) is 11.4 Å². The highest BCUT2D eigenvalue weighted by atomic mass is 16.3. The fourth-order valence-electron chi connectivity index (χ4n) is 2.71. The molecule has 4 nitrogen and oxygen atoms in total. The summed E-state index contributed by atoms with van der Waals surface area (Å²) in [7, 11) is 1.83. The summed E-state index contributed by atoms with van der Waals surface area (Å²) in [6.45, 7) is 2.05. The van der Waals surface area contributed by atoms with Crippen molar-refractivity contribution in [2.75, 3.05) is 11.9 Å². The molecular formula is C16H18N2O2. The van der Waals surface area contributed by atoms with Gasteiger partial charge in [-0.1, -0.05) is 18.2 Å². The molecular weight excluding hydrogens is 252 g/mol. The standard InChI is InChI=1S/C16H18N2O2/c1-11(15-8-5-9-20-15)17-13-10-16(19)18(2)14-7-4-3-6-12(13)14/h3-9,11,13,17H,10H2,1-2H3/t11-,13?/m1/s1. The number of benzene rings is 1. The number of hydrogen-bond donors (Lipinski definition) is 1. The van der Waals surface area contributed by atoms with Crippen LogP contribution in [-0.4, -0.2) is 13.0 Å². The SMILES string of the molecule is C[C@@H](NC1CC(=O)N(C)c2ccccc21)c1ccco1. The van der Waals surface area contributed by atoms with Crippen LogP contribution in [0.5, 0.6) is 0 Å². The summed E-state index contributed by atoms with van der Waals surface area (Å²) in [6.07, 6.45) is 2.14. The maximum atomic E-state index is 12.1. The Balaban J connectivity index is 1.87. The molecule has 0 saturated carbocycles. The predicted octanol–water partition coefficient (Wildman–Crippen LogP) is 3.04. The molecule has 1 amide bonds. The van der Waals surface area contributed by atoms with Gasteiger partial charge < -0.3 is 14.6 Å². The van der Waals surface area contributed by atoms with Crippen LogP contribution in [0.4, 0.5) is 5.69 Å². The van der Waals surface area contributed by atoms with Gasteiger partial charge in [0.25, 0.3) is 0 Å². The molecule has 1 aliphatic rings. The quantitative estimate of drug-likeness (QED) is 0.932. The highest BCUT2D eigenvalue weighted by Gasteiger charge is 2.29. The summed E-state index contributed by atoms with van der Waals surface area (Å²) < 4.78 is 5.41. The normalized spacial score (nSPS) is 19.8. The van der Waals surface area contributed by atoms with Gasteiger partial charge in [-0.2, -0.15) is 0 Å². The highest BCUT2D eigenvalue weighted by Crippen LogP contribution is 2.34. The van der Waals surface area contributed by atoms with Crippen LogP contribution < -0.4 is 10.2 Å². The van der Waals surface area contributed by atoms with Gasteiger partial charge in [-0.25, -0.2) is 0 Å². The average Bonchev–Trinajstić information content (AvgIpc) is 2.99. The van der Waals surface area contributed by atoms with E-state index < -0.39 is 0 Å². The first-order chi connectivity index (χ1) is 9.66. The second-order valence-electron chi connectivity index (χ2n) is 5.17. The molecule has 20 heavy (non-hydrogen) atoms. The Labute approximate surface area is 118 Å². The third-order valence-electron chi connectivity index (χ3n) is 3.85. The van der Waals surface area contributed by atoms with E-state index in [9.17, 15) is 4.79 Å². The summed E-state index contributed by atoms with van der Waals surface area (Å²) in [4.78, 5) is 13.8. The van der Waals surface area contributed by atoms with Crippen LogP contribution in [0.2, 0.25) is 0 Å². The number of carbonyl (C=O) groups excluding carboxylic acids is 1. The Morgan fingerprint density at radius 3 is 2.85 bits per heavy atom. The van der Waals surface area contributed by atoms with Crippen LogP contribution in [0.25, 0.3) is 0 Å². The van der Waals surface area contributed by atoms with Crippen molar-refractivity contribution in [2.24, 2.45) is 0 Å². The molecule has 104 valence electrons. The number of para-hydroxylation sites is 1. The molecule has 2 atom stereocenters. The summed E-state index contributed by atoms with van der Waals surface area (Å²) >= 11 is 0. The Bertz CT molecular complexity index is 607. The smallest absolute Gasteiger partial charge is 0.228 e. The van der Waals surface area contributed by atoms with Crippen molar-refractivity contribution in [3.8, 4) is 0 Å². The van der Waals surface area contributed by atoms with Crippen molar-refractivity contribution in [2.45, 2.75) is 25.4 Å². The van der Waals surface area contributed by atoms with Gasteiger partial charge in [0, 0.05) is 25.2 Å². The minimum atomic E-state index is 0.0231. The van der Waals surface area contributed by atoms with E-state index >= 15 is 0 Å². The average molecular weight is 270 g/mol. The van der Waals surface area contributed by atoms with Crippen molar-refractivity contribution in [3.05, 3.63) is 54.0 Å². The molecule has 1 unspecified atom stereocenters. The summed E-state index contributed by atoms with van der Waals surface area (Å²) in [5.41, 5.74) is 2.14. The highest BCUT2D eigenvalue weighted by molar-refractivity contribution is 5.96. The van der Waals surface area contributed by atoms with Crippen molar-refractivity contribution >= 4 is 11.6 Å². The maximum absolute atomic E-state index is 12.1. The van der Waals surface area contributed by atoms with Crippen molar-refractivity contribution in [1.82, 2.24) is 5.32 Å². The van der Waals surface area contributed by atoms with Crippen LogP contribution in [0.15, 0.2) is 47.1 Å². The Morgan fingerprint density at radius 1 is 1.30 bits per heavy atom. The first-order valence-corrected chi connectivity index (χ1v) is 6.81. The third-order valence-corrected chi connectivity index (χ3v) is 3.85. The first kappa shape index (κ1) is 12.9. The molecule has 3 rings (SSSR count). The van der Waals surface area contributed by atoms with Gasteiger partial charge in [0.05, 0.1) is 12.3 Å². The zero-order valence-corrected chi connectivity index (χ0v) is 11.7. The zero-order valence-electron chi connectivity index (χ0n) is 11.7. The molecule has 4 heteroatoms. The summed E-state index contributed by atoms with van der Waals surface area (Å²) in [6, 6.07) is 11.9. The molecule has 1 aliphatic heterocycles. The summed E-state index contributed by atoms with van der Waals surface area (Å²) in [5.74, 6) is 1.02. The van der Waals surface area contributed by atoms with Crippen LogP contribution in [-0.2, 0) is 4.79 Å². The van der Waals surface area contributed by atoms with Crippen molar-refractivity contribution in [3.63, 3.8) is 0 Å². The van der Waals surface area contributed by atoms with Gasteiger partial charge in [-0.15, -0.1) is 0 Å². The van der Waals surface area contributed by atoms with Crippen molar-refractivity contribution in [1.29, 1.82) is 0 Å². The van der Waals surface area contributed by atoms with Gasteiger partial charge in [-0.3, -0.25) is 4.79 Å².